The number of carbonyl (C=O) groups is 3. The molecule has 1 aliphatic heterocycles. The van der Waals surface area contributed by atoms with Crippen molar-refractivity contribution in [2.45, 2.75) is 45.1 Å². The molecule has 1 heterocycles. The highest BCUT2D eigenvalue weighted by atomic mass is 16.4. The van der Waals surface area contributed by atoms with E-state index in [-0.39, 0.29) is 18.4 Å². The van der Waals surface area contributed by atoms with Crippen LogP contribution in [-0.4, -0.2) is 46.4 Å². The molecular formula is C12H20N2O4. The number of carboxylic acid groups (broad SMARTS) is 1. The van der Waals surface area contributed by atoms with Crippen molar-refractivity contribution in [1.82, 2.24) is 10.2 Å². The highest BCUT2D eigenvalue weighted by Crippen LogP contribution is 2.29. The van der Waals surface area contributed by atoms with Crippen molar-refractivity contribution in [2.24, 2.45) is 0 Å². The number of carbonyl (C=O) groups excluding carboxylic acids is 2. The number of nitrogens with one attached hydrogen (secondary N) is 1. The summed E-state index contributed by atoms with van der Waals surface area (Å²) in [6.07, 6.45) is 2.23. The first-order valence-electron chi connectivity index (χ1n) is 6.22. The minimum Gasteiger partial charge on any atom is -0.480 e. The first-order chi connectivity index (χ1) is 8.41. The average Bonchev–Trinajstić information content (AvgIpc) is 2.70. The smallest absolute Gasteiger partial charge is 0.329 e. The molecule has 1 aliphatic rings. The van der Waals surface area contributed by atoms with E-state index in [2.05, 4.69) is 5.32 Å². The van der Waals surface area contributed by atoms with Gasteiger partial charge in [0.2, 0.25) is 11.8 Å². The Hall–Kier alpha value is -1.59. The molecule has 0 saturated carbocycles. The van der Waals surface area contributed by atoms with Gasteiger partial charge in [-0.05, 0) is 26.2 Å². The van der Waals surface area contributed by atoms with Crippen molar-refractivity contribution in [2.75, 3.05) is 13.1 Å². The lowest BCUT2D eigenvalue weighted by Gasteiger charge is -2.31. The zero-order valence-electron chi connectivity index (χ0n) is 10.9. The maximum absolute atomic E-state index is 11.9. The van der Waals surface area contributed by atoms with Gasteiger partial charge in [0.1, 0.15) is 5.54 Å². The van der Waals surface area contributed by atoms with E-state index in [1.807, 2.05) is 6.92 Å². The van der Waals surface area contributed by atoms with E-state index >= 15 is 0 Å². The van der Waals surface area contributed by atoms with Crippen LogP contribution in [0, 0.1) is 0 Å². The lowest BCUT2D eigenvalue weighted by Crippen LogP contribution is -2.53. The van der Waals surface area contributed by atoms with Crippen molar-refractivity contribution in [3.63, 3.8) is 0 Å². The maximum Gasteiger partial charge on any atom is 0.329 e. The van der Waals surface area contributed by atoms with Gasteiger partial charge < -0.3 is 15.3 Å². The molecule has 0 aliphatic carbocycles. The van der Waals surface area contributed by atoms with Crippen LogP contribution in [0.15, 0.2) is 0 Å². The van der Waals surface area contributed by atoms with E-state index in [1.165, 1.54) is 4.90 Å². The van der Waals surface area contributed by atoms with Gasteiger partial charge >= 0.3 is 5.97 Å². The second-order valence-corrected chi connectivity index (χ2v) is 4.75. The fourth-order valence-corrected chi connectivity index (χ4v) is 2.17. The second kappa shape index (κ2) is 5.84. The Bertz CT molecular complexity index is 356. The van der Waals surface area contributed by atoms with E-state index in [0.29, 0.717) is 25.8 Å². The topological polar surface area (TPSA) is 86.7 Å². The fourth-order valence-electron chi connectivity index (χ4n) is 2.17. The van der Waals surface area contributed by atoms with E-state index in [9.17, 15) is 19.5 Å². The number of carboxylic acids is 1. The predicted octanol–water partition coefficient (Wildman–Crippen LogP) is 0.368. The molecule has 6 nitrogen and oxygen atoms in total. The summed E-state index contributed by atoms with van der Waals surface area (Å²) in [7, 11) is 0. The number of hydrogen-bond acceptors (Lipinski definition) is 3. The largest absolute Gasteiger partial charge is 0.480 e. The van der Waals surface area contributed by atoms with Gasteiger partial charge in [-0.3, -0.25) is 9.59 Å². The number of hydrogen-bond donors (Lipinski definition) is 2. The lowest BCUT2D eigenvalue weighted by atomic mass is 9.99. The Morgan fingerprint density at radius 3 is 2.61 bits per heavy atom. The molecule has 1 unspecified atom stereocenters. The molecule has 0 radical (unpaired) electrons. The minimum atomic E-state index is -1.13. The third-order valence-corrected chi connectivity index (χ3v) is 3.32. The van der Waals surface area contributed by atoms with Gasteiger partial charge in [-0.15, -0.1) is 0 Å². The van der Waals surface area contributed by atoms with Gasteiger partial charge in [-0.2, -0.15) is 0 Å². The number of likely N-dealkylation sites (tertiary alicyclic amines) is 1. The first-order valence-corrected chi connectivity index (χ1v) is 6.22. The van der Waals surface area contributed by atoms with E-state index in [1.54, 1.807) is 6.92 Å². The summed E-state index contributed by atoms with van der Waals surface area (Å²) in [5, 5.41) is 11.7. The minimum absolute atomic E-state index is 0.123. The summed E-state index contributed by atoms with van der Waals surface area (Å²) in [5.41, 5.74) is -1.13. The Morgan fingerprint density at radius 1 is 1.39 bits per heavy atom. The molecule has 2 N–H and O–H groups in total. The number of aliphatic carboxylic acids is 1. The van der Waals surface area contributed by atoms with E-state index < -0.39 is 11.5 Å². The van der Waals surface area contributed by atoms with Crippen molar-refractivity contribution < 1.29 is 19.5 Å². The standard InChI is InChI=1S/C12H20N2O4/c1-3-5-9(15)13-8-10(16)14-7-4-6-12(14,2)11(17)18/h3-8H2,1-2H3,(H,13,15)(H,17,18). The third-order valence-electron chi connectivity index (χ3n) is 3.32. The Balaban J connectivity index is 2.56. The van der Waals surface area contributed by atoms with Gasteiger partial charge in [0.25, 0.3) is 0 Å². The SMILES string of the molecule is CCCC(=O)NCC(=O)N1CCCC1(C)C(=O)O. The molecule has 0 aromatic rings. The summed E-state index contributed by atoms with van der Waals surface area (Å²) in [5.74, 6) is -1.50. The second-order valence-electron chi connectivity index (χ2n) is 4.75. The summed E-state index contributed by atoms with van der Waals surface area (Å²) in [6.45, 7) is 3.74. The van der Waals surface area contributed by atoms with Crippen molar-refractivity contribution in [1.29, 1.82) is 0 Å². The highest BCUT2D eigenvalue weighted by molar-refractivity contribution is 5.90. The van der Waals surface area contributed by atoms with Gasteiger partial charge in [-0.1, -0.05) is 6.92 Å². The summed E-state index contributed by atoms with van der Waals surface area (Å²) >= 11 is 0. The summed E-state index contributed by atoms with van der Waals surface area (Å²) < 4.78 is 0. The van der Waals surface area contributed by atoms with E-state index in [0.717, 1.165) is 6.42 Å². The van der Waals surface area contributed by atoms with Crippen molar-refractivity contribution in [3.8, 4) is 0 Å². The van der Waals surface area contributed by atoms with Gasteiger partial charge in [0.15, 0.2) is 0 Å². The molecule has 1 atom stereocenters. The predicted molar refractivity (Wildman–Crippen MR) is 64.9 cm³/mol. The molecule has 1 rings (SSSR count). The van der Waals surface area contributed by atoms with E-state index in [4.69, 9.17) is 0 Å². The molecule has 0 aromatic carbocycles. The van der Waals surface area contributed by atoms with Crippen LogP contribution in [0.4, 0.5) is 0 Å². The summed E-state index contributed by atoms with van der Waals surface area (Å²) in [4.78, 5) is 35.7. The zero-order valence-corrected chi connectivity index (χ0v) is 10.9. The van der Waals surface area contributed by atoms with Crippen LogP contribution >= 0.6 is 0 Å². The molecule has 0 spiro atoms. The number of amides is 2. The molecule has 102 valence electrons. The van der Waals surface area contributed by atoms with Crippen LogP contribution in [0.25, 0.3) is 0 Å². The van der Waals surface area contributed by atoms with Crippen LogP contribution in [0.5, 0.6) is 0 Å². The van der Waals surface area contributed by atoms with Crippen LogP contribution in [0.1, 0.15) is 39.5 Å². The number of nitrogens with zero attached hydrogens (tertiary/aromatic N) is 1. The van der Waals surface area contributed by atoms with Gasteiger partial charge in [-0.25, -0.2) is 4.79 Å². The Labute approximate surface area is 106 Å². The maximum atomic E-state index is 11.9. The van der Waals surface area contributed by atoms with Crippen LogP contribution in [0.3, 0.4) is 0 Å². The van der Waals surface area contributed by atoms with Crippen molar-refractivity contribution in [3.05, 3.63) is 0 Å². The molecule has 18 heavy (non-hydrogen) atoms. The highest BCUT2D eigenvalue weighted by Gasteiger charge is 2.45. The molecule has 1 saturated heterocycles. The molecular weight excluding hydrogens is 236 g/mol. The first kappa shape index (κ1) is 14.5. The van der Waals surface area contributed by atoms with Crippen molar-refractivity contribution >= 4 is 17.8 Å². The molecule has 0 aromatic heterocycles. The fraction of sp³-hybridized carbons (Fsp3) is 0.750. The molecule has 2 amide bonds. The van der Waals surface area contributed by atoms with Crippen LogP contribution in [-0.2, 0) is 14.4 Å². The third kappa shape index (κ3) is 3.00. The van der Waals surface area contributed by atoms with Gasteiger partial charge in [0, 0.05) is 13.0 Å². The Morgan fingerprint density at radius 2 is 2.06 bits per heavy atom. The van der Waals surface area contributed by atoms with Crippen LogP contribution in [0.2, 0.25) is 0 Å². The zero-order chi connectivity index (χ0) is 13.8. The summed E-state index contributed by atoms with van der Waals surface area (Å²) in [6, 6.07) is 0. The quantitative estimate of drug-likeness (QED) is 0.744. The van der Waals surface area contributed by atoms with Crippen LogP contribution < -0.4 is 5.32 Å². The monoisotopic (exact) mass is 256 g/mol. The van der Waals surface area contributed by atoms with Gasteiger partial charge in [0.05, 0.1) is 6.54 Å². The number of rotatable bonds is 5. The lowest BCUT2D eigenvalue weighted by molar-refractivity contribution is -0.155. The molecule has 1 fully saturated rings. The molecule has 0 bridgehead atoms. The normalized spacial score (nSPS) is 22.9. The average molecular weight is 256 g/mol. The molecule has 6 heteroatoms. The Kier molecular flexibility index (Phi) is 4.69.